The van der Waals surface area contributed by atoms with Gasteiger partial charge in [-0.3, -0.25) is 5.01 Å². The Morgan fingerprint density at radius 1 is 1.03 bits per heavy atom. The topological polar surface area (TPSA) is 18.8 Å². The lowest BCUT2D eigenvalue weighted by Crippen LogP contribution is -2.32. The van der Waals surface area contributed by atoms with Crippen molar-refractivity contribution >= 4 is 11.8 Å². The van der Waals surface area contributed by atoms with Gasteiger partial charge in [-0.25, -0.2) is 0 Å². The van der Waals surface area contributed by atoms with Crippen molar-refractivity contribution in [2.75, 3.05) is 27.2 Å². The highest BCUT2D eigenvalue weighted by Crippen LogP contribution is 2.46. The number of rotatable bonds is 7. The zero-order valence-electron chi connectivity index (χ0n) is 18.7. The van der Waals surface area contributed by atoms with Crippen molar-refractivity contribution in [3.05, 3.63) is 77.4 Å². The second-order valence-corrected chi connectivity index (χ2v) is 9.06. The van der Waals surface area contributed by atoms with Gasteiger partial charge in [0.2, 0.25) is 0 Å². The van der Waals surface area contributed by atoms with E-state index in [0.717, 1.165) is 31.8 Å². The summed E-state index contributed by atoms with van der Waals surface area (Å²) < 4.78 is 0. The fourth-order valence-corrected chi connectivity index (χ4v) is 5.02. The molecule has 0 aromatic heterocycles. The van der Waals surface area contributed by atoms with Crippen LogP contribution in [-0.4, -0.2) is 42.8 Å². The Hall–Kier alpha value is -2.39. The molecule has 3 atom stereocenters. The molecule has 1 aliphatic carbocycles. The maximum Gasteiger partial charge on any atom is 0.0804 e. The third-order valence-corrected chi connectivity index (χ3v) is 6.57. The Morgan fingerprint density at radius 3 is 2.40 bits per heavy atom. The predicted octanol–water partition coefficient (Wildman–Crippen LogP) is 5.87. The Balaban J connectivity index is 1.68. The normalized spacial score (nSPS) is 24.9. The summed E-state index contributed by atoms with van der Waals surface area (Å²) in [5.41, 5.74) is 5.47. The van der Waals surface area contributed by atoms with Crippen LogP contribution in [0.2, 0.25) is 0 Å². The smallest absolute Gasteiger partial charge is 0.0804 e. The quantitative estimate of drug-likeness (QED) is 0.578. The highest BCUT2D eigenvalue weighted by molar-refractivity contribution is 6.07. The van der Waals surface area contributed by atoms with Gasteiger partial charge in [-0.1, -0.05) is 74.0 Å². The van der Waals surface area contributed by atoms with Crippen LogP contribution in [0.1, 0.15) is 49.8 Å². The molecule has 158 valence electrons. The molecule has 0 N–H and O–H groups in total. The Bertz CT molecular complexity index is 869. The summed E-state index contributed by atoms with van der Waals surface area (Å²) >= 11 is 0. The molecule has 30 heavy (non-hydrogen) atoms. The van der Waals surface area contributed by atoms with E-state index in [2.05, 4.69) is 97.7 Å². The first kappa shape index (κ1) is 20.9. The van der Waals surface area contributed by atoms with Gasteiger partial charge in [0.15, 0.2) is 0 Å². The van der Waals surface area contributed by atoms with Crippen LogP contribution < -0.4 is 0 Å². The molecule has 0 saturated heterocycles. The minimum Gasteiger partial charge on any atom is -0.309 e. The second kappa shape index (κ2) is 9.61. The lowest BCUT2D eigenvalue weighted by Gasteiger charge is -2.34. The molecule has 2 aromatic carbocycles. The minimum atomic E-state index is 0.358. The average Bonchev–Trinajstić information content (AvgIpc) is 3.13. The maximum absolute atomic E-state index is 5.27. The molecule has 1 fully saturated rings. The molecule has 0 amide bonds. The van der Waals surface area contributed by atoms with Crippen LogP contribution in [0.15, 0.2) is 71.3 Å². The first-order valence-corrected chi connectivity index (χ1v) is 11.5. The highest BCUT2D eigenvalue weighted by Gasteiger charge is 2.43. The first-order chi connectivity index (χ1) is 14.7. The van der Waals surface area contributed by atoms with E-state index in [1.807, 2.05) is 0 Å². The molecule has 2 aromatic rings. The van der Waals surface area contributed by atoms with E-state index in [9.17, 15) is 0 Å². The molecule has 1 heterocycles. The lowest BCUT2D eigenvalue weighted by molar-refractivity contribution is 0.179. The number of allylic oxidation sites excluding steroid dienone is 1. The Labute approximate surface area is 182 Å². The van der Waals surface area contributed by atoms with E-state index in [1.165, 1.54) is 35.3 Å². The highest BCUT2D eigenvalue weighted by atomic mass is 15.5. The van der Waals surface area contributed by atoms with Crippen molar-refractivity contribution in [1.82, 2.24) is 9.91 Å². The molecule has 1 aliphatic heterocycles. The number of benzene rings is 2. The first-order valence-electron chi connectivity index (χ1n) is 11.5. The fourth-order valence-electron chi connectivity index (χ4n) is 5.02. The summed E-state index contributed by atoms with van der Waals surface area (Å²) in [6.45, 7) is 4.44. The van der Waals surface area contributed by atoms with E-state index in [0.29, 0.717) is 12.0 Å². The van der Waals surface area contributed by atoms with E-state index in [-0.39, 0.29) is 0 Å². The molecule has 3 heteroatoms. The van der Waals surface area contributed by atoms with Crippen molar-refractivity contribution in [1.29, 1.82) is 0 Å². The average molecular weight is 402 g/mol. The molecular weight excluding hydrogens is 366 g/mol. The second-order valence-electron chi connectivity index (χ2n) is 9.06. The molecule has 0 radical (unpaired) electrons. The van der Waals surface area contributed by atoms with Crippen LogP contribution in [-0.2, 0) is 0 Å². The van der Waals surface area contributed by atoms with Crippen LogP contribution in [0.3, 0.4) is 0 Å². The summed E-state index contributed by atoms with van der Waals surface area (Å²) in [4.78, 5) is 2.27. The maximum atomic E-state index is 5.27. The van der Waals surface area contributed by atoms with Crippen LogP contribution in [0.4, 0.5) is 0 Å². The monoisotopic (exact) mass is 401 g/mol. The third kappa shape index (κ3) is 4.67. The van der Waals surface area contributed by atoms with Crippen molar-refractivity contribution in [3.8, 4) is 0 Å². The summed E-state index contributed by atoms with van der Waals surface area (Å²) in [7, 11) is 4.30. The van der Waals surface area contributed by atoms with Gasteiger partial charge >= 0.3 is 0 Å². The van der Waals surface area contributed by atoms with Gasteiger partial charge < -0.3 is 4.90 Å². The van der Waals surface area contributed by atoms with Crippen LogP contribution in [0.25, 0.3) is 6.08 Å². The fraction of sp³-hybridized carbons (Fsp3) is 0.444. The molecule has 0 spiro atoms. The lowest BCUT2D eigenvalue weighted by atomic mass is 9.72. The zero-order chi connectivity index (χ0) is 20.9. The van der Waals surface area contributed by atoms with Crippen LogP contribution in [0, 0.1) is 11.8 Å². The van der Waals surface area contributed by atoms with Crippen LogP contribution in [0.5, 0.6) is 0 Å². The van der Waals surface area contributed by atoms with Gasteiger partial charge in [-0.15, -0.1) is 0 Å². The summed E-state index contributed by atoms with van der Waals surface area (Å²) in [5, 5.41) is 7.67. The number of fused-ring (bicyclic) bond motifs is 1. The van der Waals surface area contributed by atoms with E-state index in [4.69, 9.17) is 5.10 Å². The summed E-state index contributed by atoms with van der Waals surface area (Å²) in [6, 6.07) is 22.2. The standard InChI is InChI=1S/C27H35N3/c1-4-21-18-24(19-22-12-7-5-8-13-22)26-25(20-21)27(23-14-9-6-10-15-23)30(28-26)17-11-16-29(2)3/h5-10,12-15,19,21,25,27H,4,11,16-18,20H2,1-3H3. The number of nitrogens with zero attached hydrogens (tertiary/aromatic N) is 3. The Kier molecular flexibility index (Phi) is 6.69. The number of hydrazone groups is 1. The molecule has 3 unspecified atom stereocenters. The van der Waals surface area contributed by atoms with Crippen molar-refractivity contribution in [3.63, 3.8) is 0 Å². The summed E-state index contributed by atoms with van der Waals surface area (Å²) in [5.74, 6) is 1.22. The third-order valence-electron chi connectivity index (χ3n) is 6.57. The molecular formula is C27H35N3. The van der Waals surface area contributed by atoms with Crippen molar-refractivity contribution in [2.24, 2.45) is 16.9 Å². The minimum absolute atomic E-state index is 0.358. The molecule has 2 aliphatic rings. The van der Waals surface area contributed by atoms with E-state index >= 15 is 0 Å². The van der Waals surface area contributed by atoms with E-state index in [1.54, 1.807) is 0 Å². The molecule has 1 saturated carbocycles. The SMILES string of the molecule is CCC1CC(=Cc2ccccc2)C2=NN(CCCN(C)C)C(c3ccccc3)C2C1. The molecule has 0 bridgehead atoms. The van der Waals surface area contributed by atoms with Gasteiger partial charge in [-0.05, 0) is 68.6 Å². The Morgan fingerprint density at radius 2 is 1.73 bits per heavy atom. The zero-order valence-corrected chi connectivity index (χ0v) is 18.7. The van der Waals surface area contributed by atoms with E-state index < -0.39 is 0 Å². The van der Waals surface area contributed by atoms with Crippen molar-refractivity contribution < 1.29 is 0 Å². The van der Waals surface area contributed by atoms with Gasteiger partial charge in [0.25, 0.3) is 0 Å². The van der Waals surface area contributed by atoms with Gasteiger partial charge in [0, 0.05) is 12.5 Å². The van der Waals surface area contributed by atoms with Gasteiger partial charge in [0.1, 0.15) is 0 Å². The molecule has 3 nitrogen and oxygen atoms in total. The number of hydrogen-bond donors (Lipinski definition) is 0. The van der Waals surface area contributed by atoms with Crippen LogP contribution >= 0.6 is 0 Å². The largest absolute Gasteiger partial charge is 0.309 e. The van der Waals surface area contributed by atoms with Gasteiger partial charge in [0.05, 0.1) is 11.8 Å². The van der Waals surface area contributed by atoms with Gasteiger partial charge in [-0.2, -0.15) is 5.10 Å². The number of hydrogen-bond acceptors (Lipinski definition) is 3. The molecule has 4 rings (SSSR count). The van der Waals surface area contributed by atoms with Crippen molar-refractivity contribution in [2.45, 2.75) is 38.6 Å². The summed E-state index contributed by atoms with van der Waals surface area (Å²) in [6.07, 6.45) is 7.14. The predicted molar refractivity (Wildman–Crippen MR) is 127 cm³/mol.